The molecule has 2 aliphatic carbocycles. The Bertz CT molecular complexity index is 400. The van der Waals surface area contributed by atoms with E-state index < -0.39 is 0 Å². The van der Waals surface area contributed by atoms with Crippen molar-refractivity contribution in [1.82, 2.24) is 0 Å². The zero-order valence-corrected chi connectivity index (χ0v) is 12.4. The molecule has 5 unspecified atom stereocenters. The van der Waals surface area contributed by atoms with Gasteiger partial charge >= 0.3 is 0 Å². The second-order valence-electron chi connectivity index (χ2n) is 7.82. The SMILES string of the molecule is CC1CC(=O)C2(C)C1CC1CCC2(C)OC1(C)C. The molecular weight excluding hydrogens is 224 g/mol. The summed E-state index contributed by atoms with van der Waals surface area (Å²) in [4.78, 5) is 12.6. The van der Waals surface area contributed by atoms with Crippen molar-refractivity contribution in [1.29, 1.82) is 0 Å². The summed E-state index contributed by atoms with van der Waals surface area (Å²) in [5.41, 5.74) is -0.578. The fraction of sp³-hybridized carbons (Fsp3) is 0.938. The lowest BCUT2D eigenvalue weighted by atomic mass is 9.65. The maximum absolute atomic E-state index is 12.6. The number of hydrogen-bond donors (Lipinski definition) is 0. The molecule has 5 atom stereocenters. The van der Waals surface area contributed by atoms with Crippen molar-refractivity contribution in [2.24, 2.45) is 23.2 Å². The largest absolute Gasteiger partial charge is 0.368 e. The van der Waals surface area contributed by atoms with Crippen LogP contribution in [0, 0.1) is 23.2 Å². The Hall–Kier alpha value is -0.370. The normalized spacial score (nSPS) is 54.3. The molecule has 0 aromatic carbocycles. The Balaban J connectivity index is 2.13. The first-order valence-electron chi connectivity index (χ1n) is 7.44. The maximum Gasteiger partial charge on any atom is 0.142 e. The fourth-order valence-electron chi connectivity index (χ4n) is 5.16. The number of carbonyl (C=O) groups is 1. The Labute approximate surface area is 110 Å². The third-order valence-corrected chi connectivity index (χ3v) is 6.59. The molecule has 0 aromatic heterocycles. The summed E-state index contributed by atoms with van der Waals surface area (Å²) in [6.45, 7) is 11.1. The van der Waals surface area contributed by atoms with Crippen molar-refractivity contribution in [3.8, 4) is 0 Å². The van der Waals surface area contributed by atoms with Gasteiger partial charge < -0.3 is 4.74 Å². The van der Waals surface area contributed by atoms with Crippen LogP contribution < -0.4 is 0 Å². The quantitative estimate of drug-likeness (QED) is 0.657. The van der Waals surface area contributed by atoms with Gasteiger partial charge in [0.05, 0.1) is 16.6 Å². The highest BCUT2D eigenvalue weighted by Crippen LogP contribution is 2.63. The average Bonchev–Trinajstić information content (AvgIpc) is 2.37. The molecule has 18 heavy (non-hydrogen) atoms. The van der Waals surface area contributed by atoms with Gasteiger partial charge in [-0.1, -0.05) is 6.92 Å². The fourth-order valence-corrected chi connectivity index (χ4v) is 5.16. The summed E-state index contributed by atoms with van der Waals surface area (Å²) in [7, 11) is 0. The van der Waals surface area contributed by atoms with Crippen LogP contribution in [0.2, 0.25) is 0 Å². The molecule has 0 amide bonds. The van der Waals surface area contributed by atoms with E-state index in [0.717, 1.165) is 12.8 Å². The van der Waals surface area contributed by atoms with Crippen LogP contribution in [0.5, 0.6) is 0 Å². The van der Waals surface area contributed by atoms with Gasteiger partial charge in [0.15, 0.2) is 0 Å². The van der Waals surface area contributed by atoms with Gasteiger partial charge in [0.25, 0.3) is 0 Å². The highest BCUT2D eigenvalue weighted by atomic mass is 16.5. The third kappa shape index (κ3) is 1.31. The van der Waals surface area contributed by atoms with E-state index >= 15 is 0 Å². The second-order valence-corrected chi connectivity index (χ2v) is 7.82. The zero-order chi connectivity index (χ0) is 13.3. The molecule has 2 heteroatoms. The lowest BCUT2D eigenvalue weighted by molar-refractivity contribution is -0.219. The minimum absolute atomic E-state index is 0.0691. The number of Topliss-reactive ketones (excluding diaryl/α,β-unsaturated/α-hetero) is 1. The van der Waals surface area contributed by atoms with Gasteiger partial charge in [-0.2, -0.15) is 0 Å². The van der Waals surface area contributed by atoms with Gasteiger partial charge in [-0.05, 0) is 64.7 Å². The van der Waals surface area contributed by atoms with Crippen molar-refractivity contribution in [2.45, 2.75) is 71.5 Å². The minimum atomic E-state index is -0.255. The molecule has 4 rings (SSSR count). The molecular formula is C16H26O2. The topological polar surface area (TPSA) is 26.3 Å². The minimum Gasteiger partial charge on any atom is -0.368 e. The Kier molecular flexibility index (Phi) is 2.38. The van der Waals surface area contributed by atoms with Crippen LogP contribution in [0.1, 0.15) is 60.3 Å². The molecule has 2 saturated heterocycles. The molecule has 0 radical (unpaired) electrons. The lowest BCUT2D eigenvalue weighted by Crippen LogP contribution is -2.56. The second kappa shape index (κ2) is 3.39. The van der Waals surface area contributed by atoms with Crippen LogP contribution in [0.4, 0.5) is 0 Å². The van der Waals surface area contributed by atoms with E-state index in [9.17, 15) is 4.79 Å². The summed E-state index contributed by atoms with van der Waals surface area (Å²) in [5.74, 6) is 2.11. The van der Waals surface area contributed by atoms with Crippen LogP contribution in [-0.4, -0.2) is 17.0 Å². The van der Waals surface area contributed by atoms with E-state index in [4.69, 9.17) is 4.74 Å². The van der Waals surface area contributed by atoms with Crippen molar-refractivity contribution >= 4 is 5.78 Å². The van der Waals surface area contributed by atoms with Crippen LogP contribution in [0.25, 0.3) is 0 Å². The molecule has 2 saturated carbocycles. The lowest BCUT2D eigenvalue weighted by Gasteiger charge is -2.51. The Morgan fingerprint density at radius 3 is 2.50 bits per heavy atom. The standard InChI is InChI=1S/C16H26O2/c1-10-8-13(17)16(5)12(10)9-11-6-7-15(16,4)18-14(11,2)3/h10-12H,6-9H2,1-5H3. The molecule has 102 valence electrons. The molecule has 0 N–H and O–H groups in total. The number of rotatable bonds is 0. The van der Waals surface area contributed by atoms with E-state index in [1.165, 1.54) is 12.8 Å². The first-order valence-corrected chi connectivity index (χ1v) is 7.44. The van der Waals surface area contributed by atoms with Gasteiger partial charge in [0.2, 0.25) is 0 Å². The first kappa shape index (κ1) is 12.7. The van der Waals surface area contributed by atoms with Crippen LogP contribution in [-0.2, 0) is 9.53 Å². The predicted octanol–water partition coefficient (Wildman–Crippen LogP) is 3.59. The zero-order valence-electron chi connectivity index (χ0n) is 12.4. The van der Waals surface area contributed by atoms with Gasteiger partial charge in [-0.15, -0.1) is 0 Å². The molecule has 2 bridgehead atoms. The van der Waals surface area contributed by atoms with Crippen LogP contribution in [0.15, 0.2) is 0 Å². The summed E-state index contributed by atoms with van der Waals surface area (Å²) in [6, 6.07) is 0. The van der Waals surface area contributed by atoms with Crippen LogP contribution >= 0.6 is 0 Å². The smallest absolute Gasteiger partial charge is 0.142 e. The number of hydrogen-bond acceptors (Lipinski definition) is 2. The van der Waals surface area contributed by atoms with Crippen LogP contribution in [0.3, 0.4) is 0 Å². The van der Waals surface area contributed by atoms with E-state index in [1.807, 2.05) is 0 Å². The van der Waals surface area contributed by atoms with Crippen molar-refractivity contribution in [2.75, 3.05) is 0 Å². The average molecular weight is 250 g/mol. The molecule has 0 aromatic rings. The van der Waals surface area contributed by atoms with Gasteiger partial charge in [0, 0.05) is 6.42 Å². The maximum atomic E-state index is 12.6. The van der Waals surface area contributed by atoms with Crippen molar-refractivity contribution < 1.29 is 9.53 Å². The number of carbonyl (C=O) groups excluding carboxylic acids is 1. The van der Waals surface area contributed by atoms with E-state index in [0.29, 0.717) is 23.5 Å². The van der Waals surface area contributed by atoms with Crippen molar-refractivity contribution in [3.63, 3.8) is 0 Å². The summed E-state index contributed by atoms with van der Waals surface area (Å²) < 4.78 is 6.50. The van der Waals surface area contributed by atoms with Gasteiger partial charge in [0.1, 0.15) is 5.78 Å². The predicted molar refractivity (Wildman–Crippen MR) is 71.3 cm³/mol. The number of ether oxygens (including phenoxy) is 1. The Morgan fingerprint density at radius 2 is 1.89 bits per heavy atom. The summed E-state index contributed by atoms with van der Waals surface area (Å²) in [5, 5.41) is 0. The van der Waals surface area contributed by atoms with E-state index in [-0.39, 0.29) is 16.6 Å². The molecule has 2 heterocycles. The molecule has 4 fully saturated rings. The molecule has 0 spiro atoms. The Morgan fingerprint density at radius 1 is 1.22 bits per heavy atom. The molecule has 2 aliphatic heterocycles. The van der Waals surface area contributed by atoms with Gasteiger partial charge in [-0.3, -0.25) is 4.79 Å². The third-order valence-electron chi connectivity index (χ3n) is 6.59. The highest BCUT2D eigenvalue weighted by molar-refractivity contribution is 5.89. The van der Waals surface area contributed by atoms with Gasteiger partial charge in [-0.25, -0.2) is 0 Å². The summed E-state index contributed by atoms with van der Waals surface area (Å²) >= 11 is 0. The van der Waals surface area contributed by atoms with Crippen molar-refractivity contribution in [3.05, 3.63) is 0 Å². The summed E-state index contributed by atoms with van der Waals surface area (Å²) in [6.07, 6.45) is 4.20. The van der Waals surface area contributed by atoms with E-state index in [2.05, 4.69) is 34.6 Å². The molecule has 2 nitrogen and oxygen atoms in total. The number of fused-ring (bicyclic) bond motifs is 2. The highest BCUT2D eigenvalue weighted by Gasteiger charge is 2.66. The molecule has 4 aliphatic rings. The monoisotopic (exact) mass is 250 g/mol. The van der Waals surface area contributed by atoms with E-state index in [1.54, 1.807) is 0 Å². The number of ketones is 1. The first-order chi connectivity index (χ1) is 8.21.